The van der Waals surface area contributed by atoms with Gasteiger partial charge in [-0.1, -0.05) is 0 Å². The van der Waals surface area contributed by atoms with Gasteiger partial charge in [0.1, 0.15) is 5.75 Å². The molecule has 1 aliphatic heterocycles. The van der Waals surface area contributed by atoms with Crippen LogP contribution in [0.3, 0.4) is 0 Å². The highest BCUT2D eigenvalue weighted by atomic mass is 16.5. The van der Waals surface area contributed by atoms with Crippen molar-refractivity contribution in [2.75, 3.05) is 26.9 Å². The maximum atomic E-state index is 12.2. The number of amides is 1. The van der Waals surface area contributed by atoms with Crippen molar-refractivity contribution in [2.45, 2.75) is 13.0 Å². The van der Waals surface area contributed by atoms with E-state index in [1.807, 2.05) is 11.8 Å². The average Bonchev–Trinajstić information content (AvgIpc) is 2.39. The van der Waals surface area contributed by atoms with E-state index in [1.165, 1.54) is 0 Å². The fourth-order valence-electron chi connectivity index (χ4n) is 1.93. The van der Waals surface area contributed by atoms with Crippen LogP contribution in [0.1, 0.15) is 17.3 Å². The van der Waals surface area contributed by atoms with Gasteiger partial charge in [0.2, 0.25) is 0 Å². The van der Waals surface area contributed by atoms with Gasteiger partial charge in [0.15, 0.2) is 0 Å². The first kappa shape index (κ1) is 11.9. The molecule has 1 aromatic rings. The molecule has 0 radical (unpaired) electrons. The van der Waals surface area contributed by atoms with Crippen molar-refractivity contribution in [2.24, 2.45) is 0 Å². The molecule has 4 heteroatoms. The molecule has 1 aromatic carbocycles. The number of carbonyl (C=O) groups is 1. The van der Waals surface area contributed by atoms with Gasteiger partial charge in [0.05, 0.1) is 26.4 Å². The van der Waals surface area contributed by atoms with Crippen molar-refractivity contribution < 1.29 is 14.3 Å². The van der Waals surface area contributed by atoms with Crippen LogP contribution < -0.4 is 4.74 Å². The summed E-state index contributed by atoms with van der Waals surface area (Å²) in [6, 6.07) is 7.34. The van der Waals surface area contributed by atoms with Gasteiger partial charge in [-0.05, 0) is 31.2 Å². The number of carbonyl (C=O) groups excluding carboxylic acids is 1. The Hall–Kier alpha value is -1.55. The Bertz CT molecular complexity index is 388. The van der Waals surface area contributed by atoms with Crippen molar-refractivity contribution in [3.63, 3.8) is 0 Å². The Morgan fingerprint density at radius 3 is 2.71 bits per heavy atom. The molecule has 92 valence electrons. The molecule has 0 aromatic heterocycles. The highest BCUT2D eigenvalue weighted by molar-refractivity contribution is 5.94. The summed E-state index contributed by atoms with van der Waals surface area (Å²) in [5, 5.41) is 0. The predicted molar refractivity (Wildman–Crippen MR) is 64.3 cm³/mol. The molecule has 0 N–H and O–H groups in total. The molecule has 1 unspecified atom stereocenters. The number of benzene rings is 1. The summed E-state index contributed by atoms with van der Waals surface area (Å²) in [5.74, 6) is 0.819. The van der Waals surface area contributed by atoms with Crippen LogP contribution in [0.15, 0.2) is 24.3 Å². The van der Waals surface area contributed by atoms with Crippen LogP contribution in [0.25, 0.3) is 0 Å². The molecule has 1 fully saturated rings. The van der Waals surface area contributed by atoms with E-state index in [4.69, 9.17) is 9.47 Å². The van der Waals surface area contributed by atoms with Gasteiger partial charge in [0, 0.05) is 12.1 Å². The second-order valence-electron chi connectivity index (χ2n) is 4.15. The first-order chi connectivity index (χ1) is 8.22. The predicted octanol–water partition coefficient (Wildman–Crippen LogP) is 1.56. The van der Waals surface area contributed by atoms with E-state index in [2.05, 4.69) is 0 Å². The molecular weight excluding hydrogens is 218 g/mol. The number of rotatable bonds is 2. The Balaban J connectivity index is 2.12. The molecule has 4 nitrogen and oxygen atoms in total. The van der Waals surface area contributed by atoms with E-state index in [0.29, 0.717) is 25.3 Å². The summed E-state index contributed by atoms with van der Waals surface area (Å²) in [7, 11) is 1.61. The van der Waals surface area contributed by atoms with Crippen LogP contribution in [0.5, 0.6) is 5.75 Å². The molecule has 17 heavy (non-hydrogen) atoms. The number of nitrogens with zero attached hydrogens (tertiary/aromatic N) is 1. The third kappa shape index (κ3) is 2.58. The highest BCUT2D eigenvalue weighted by Crippen LogP contribution is 2.15. The Morgan fingerprint density at radius 2 is 2.12 bits per heavy atom. The molecule has 1 aliphatic rings. The standard InChI is InChI=1S/C13H17NO3/c1-10-9-17-8-7-14(10)13(15)11-3-5-12(16-2)6-4-11/h3-6,10H,7-9H2,1-2H3. The van der Waals surface area contributed by atoms with E-state index >= 15 is 0 Å². The highest BCUT2D eigenvalue weighted by Gasteiger charge is 2.24. The third-order valence-corrected chi connectivity index (χ3v) is 2.97. The summed E-state index contributed by atoms with van der Waals surface area (Å²) < 4.78 is 10.4. The molecule has 0 saturated carbocycles. The lowest BCUT2D eigenvalue weighted by Gasteiger charge is -2.33. The Morgan fingerprint density at radius 1 is 1.41 bits per heavy atom. The quantitative estimate of drug-likeness (QED) is 0.780. The zero-order chi connectivity index (χ0) is 12.3. The Labute approximate surface area is 101 Å². The lowest BCUT2D eigenvalue weighted by Crippen LogP contribution is -2.47. The maximum absolute atomic E-state index is 12.2. The molecule has 0 bridgehead atoms. The summed E-state index contributed by atoms with van der Waals surface area (Å²) in [6.07, 6.45) is 0. The number of morpholine rings is 1. The second-order valence-corrected chi connectivity index (χ2v) is 4.15. The summed E-state index contributed by atoms with van der Waals surface area (Å²) in [5.41, 5.74) is 0.694. The van der Waals surface area contributed by atoms with Crippen LogP contribution in [-0.2, 0) is 4.74 Å². The van der Waals surface area contributed by atoms with Crippen molar-refractivity contribution >= 4 is 5.91 Å². The van der Waals surface area contributed by atoms with E-state index in [-0.39, 0.29) is 11.9 Å². The average molecular weight is 235 g/mol. The topological polar surface area (TPSA) is 38.8 Å². The number of methoxy groups -OCH3 is 1. The van der Waals surface area contributed by atoms with E-state index in [9.17, 15) is 4.79 Å². The van der Waals surface area contributed by atoms with Gasteiger partial charge >= 0.3 is 0 Å². The van der Waals surface area contributed by atoms with Crippen molar-refractivity contribution in [3.05, 3.63) is 29.8 Å². The maximum Gasteiger partial charge on any atom is 0.254 e. The van der Waals surface area contributed by atoms with Gasteiger partial charge in [-0.2, -0.15) is 0 Å². The normalized spacial score (nSPS) is 20.1. The van der Waals surface area contributed by atoms with Crippen molar-refractivity contribution in [3.8, 4) is 5.75 Å². The largest absolute Gasteiger partial charge is 0.497 e. The molecule has 1 saturated heterocycles. The zero-order valence-electron chi connectivity index (χ0n) is 10.2. The van der Waals surface area contributed by atoms with E-state index < -0.39 is 0 Å². The smallest absolute Gasteiger partial charge is 0.254 e. The minimum atomic E-state index is 0.0588. The van der Waals surface area contributed by atoms with Crippen LogP contribution in [0.2, 0.25) is 0 Å². The fourth-order valence-corrected chi connectivity index (χ4v) is 1.93. The van der Waals surface area contributed by atoms with Gasteiger partial charge in [0.25, 0.3) is 5.91 Å². The third-order valence-electron chi connectivity index (χ3n) is 2.97. The summed E-state index contributed by atoms with van der Waals surface area (Å²) in [4.78, 5) is 14.1. The molecule has 0 spiro atoms. The van der Waals surface area contributed by atoms with Gasteiger partial charge in [-0.3, -0.25) is 4.79 Å². The molecule has 1 atom stereocenters. The SMILES string of the molecule is COc1ccc(C(=O)N2CCOCC2C)cc1. The lowest BCUT2D eigenvalue weighted by molar-refractivity contribution is 0.00359. The lowest BCUT2D eigenvalue weighted by atomic mass is 10.1. The molecule has 0 aliphatic carbocycles. The molecule has 1 heterocycles. The number of hydrogen-bond acceptors (Lipinski definition) is 3. The van der Waals surface area contributed by atoms with Crippen molar-refractivity contribution in [1.82, 2.24) is 4.90 Å². The molecule has 1 amide bonds. The fraction of sp³-hybridized carbons (Fsp3) is 0.462. The minimum absolute atomic E-state index is 0.0588. The van der Waals surface area contributed by atoms with Crippen LogP contribution >= 0.6 is 0 Å². The van der Waals surface area contributed by atoms with E-state index in [0.717, 1.165) is 5.75 Å². The van der Waals surface area contributed by atoms with Crippen molar-refractivity contribution in [1.29, 1.82) is 0 Å². The van der Waals surface area contributed by atoms with Crippen LogP contribution in [0.4, 0.5) is 0 Å². The monoisotopic (exact) mass is 235 g/mol. The van der Waals surface area contributed by atoms with E-state index in [1.54, 1.807) is 31.4 Å². The second kappa shape index (κ2) is 5.19. The number of ether oxygens (including phenoxy) is 2. The number of hydrogen-bond donors (Lipinski definition) is 0. The zero-order valence-corrected chi connectivity index (χ0v) is 10.2. The van der Waals surface area contributed by atoms with Crippen LogP contribution in [0, 0.1) is 0 Å². The molecular formula is C13H17NO3. The molecule has 2 rings (SSSR count). The van der Waals surface area contributed by atoms with Gasteiger partial charge < -0.3 is 14.4 Å². The first-order valence-corrected chi connectivity index (χ1v) is 5.75. The minimum Gasteiger partial charge on any atom is -0.497 e. The van der Waals surface area contributed by atoms with Crippen LogP contribution in [-0.4, -0.2) is 43.7 Å². The summed E-state index contributed by atoms with van der Waals surface area (Å²) >= 11 is 0. The van der Waals surface area contributed by atoms with Gasteiger partial charge in [-0.25, -0.2) is 0 Å². The summed E-state index contributed by atoms with van der Waals surface area (Å²) in [6.45, 7) is 3.89. The first-order valence-electron chi connectivity index (χ1n) is 5.75. The van der Waals surface area contributed by atoms with Gasteiger partial charge in [-0.15, -0.1) is 0 Å². The Kier molecular flexibility index (Phi) is 3.64.